The van der Waals surface area contributed by atoms with Gasteiger partial charge in [0, 0.05) is 25.0 Å². The van der Waals surface area contributed by atoms with Crippen LogP contribution in [0.4, 0.5) is 16.2 Å². The lowest BCUT2D eigenvalue weighted by Crippen LogP contribution is -2.43. The second-order valence-electron chi connectivity index (χ2n) is 7.98. The maximum absolute atomic E-state index is 13.3. The van der Waals surface area contributed by atoms with Gasteiger partial charge in [-0.2, -0.15) is 4.98 Å². The molecular formula is C20H24ClFN4O2S. The van der Waals surface area contributed by atoms with Gasteiger partial charge in [0.05, 0.1) is 17.7 Å². The van der Waals surface area contributed by atoms with Crippen LogP contribution in [-0.4, -0.2) is 35.4 Å². The molecule has 2 aliphatic heterocycles. The highest BCUT2D eigenvalue weighted by Gasteiger charge is 2.41. The van der Waals surface area contributed by atoms with E-state index in [2.05, 4.69) is 16.8 Å². The van der Waals surface area contributed by atoms with Crippen molar-refractivity contribution in [2.24, 2.45) is 12.5 Å². The summed E-state index contributed by atoms with van der Waals surface area (Å²) in [7, 11) is 1.70. The second kappa shape index (κ2) is 7.81. The number of nitrogens with zero attached hydrogens (tertiary/aromatic N) is 3. The quantitative estimate of drug-likeness (QED) is 0.787. The lowest BCUT2D eigenvalue weighted by atomic mass is 9.77. The normalized spacial score (nSPS) is 21.1. The Kier molecular flexibility index (Phi) is 5.52. The van der Waals surface area contributed by atoms with E-state index >= 15 is 0 Å². The Morgan fingerprint density at radius 1 is 1.38 bits per heavy atom. The molecule has 1 atom stereocenters. The third-order valence-corrected chi connectivity index (χ3v) is 7.45. The van der Waals surface area contributed by atoms with Gasteiger partial charge in [-0.3, -0.25) is 9.36 Å². The molecule has 0 amide bonds. The van der Waals surface area contributed by atoms with Gasteiger partial charge in [-0.25, -0.2) is 4.39 Å². The Bertz CT molecular complexity index is 991. The summed E-state index contributed by atoms with van der Waals surface area (Å²) in [6, 6.07) is 4.04. The van der Waals surface area contributed by atoms with Crippen LogP contribution in [-0.2, 0) is 11.8 Å². The summed E-state index contributed by atoms with van der Waals surface area (Å²) >= 11 is 7.20. The minimum Gasteiger partial charge on any atom is -0.382 e. The van der Waals surface area contributed by atoms with Crippen LogP contribution in [0.1, 0.15) is 26.2 Å². The van der Waals surface area contributed by atoms with E-state index < -0.39 is 5.82 Å². The minimum absolute atomic E-state index is 0.159. The minimum atomic E-state index is -0.432. The number of piperidine rings is 1. The number of aromatic nitrogens is 2. The molecule has 29 heavy (non-hydrogen) atoms. The Hall–Kier alpha value is -1.77. The van der Waals surface area contributed by atoms with E-state index in [0.717, 1.165) is 50.7 Å². The molecule has 4 rings (SSSR count). The fourth-order valence-corrected chi connectivity index (χ4v) is 5.38. The van der Waals surface area contributed by atoms with E-state index in [4.69, 9.17) is 22.1 Å². The fourth-order valence-electron chi connectivity index (χ4n) is 4.21. The standard InChI is InChI=1S/C20H24ClFN4O2S/c1-12-10-20(11-28-12)5-7-26(8-6-20)19-24-17(23)16(18(27)25(19)2)29-15-4-3-13(22)9-14(15)21/h3-4,9,12H,5-8,10-11,23H2,1-2H3/t12-/m0/s1. The number of nitrogens with two attached hydrogens (primary N) is 1. The first-order valence-electron chi connectivity index (χ1n) is 9.64. The molecule has 0 saturated carbocycles. The highest BCUT2D eigenvalue weighted by atomic mass is 35.5. The first kappa shape index (κ1) is 20.5. The molecule has 0 unspecified atom stereocenters. The number of rotatable bonds is 3. The molecule has 2 N–H and O–H groups in total. The van der Waals surface area contributed by atoms with E-state index in [9.17, 15) is 9.18 Å². The summed E-state index contributed by atoms with van der Waals surface area (Å²) in [4.78, 5) is 20.5. The second-order valence-corrected chi connectivity index (χ2v) is 9.44. The zero-order valence-electron chi connectivity index (χ0n) is 16.5. The van der Waals surface area contributed by atoms with Crippen molar-refractivity contribution in [3.8, 4) is 0 Å². The van der Waals surface area contributed by atoms with Crippen LogP contribution in [0.2, 0.25) is 5.02 Å². The van der Waals surface area contributed by atoms with Crippen molar-refractivity contribution in [2.75, 3.05) is 30.3 Å². The van der Waals surface area contributed by atoms with Gasteiger partial charge in [0.15, 0.2) is 0 Å². The monoisotopic (exact) mass is 438 g/mol. The van der Waals surface area contributed by atoms with Crippen molar-refractivity contribution < 1.29 is 9.13 Å². The average Bonchev–Trinajstić information content (AvgIpc) is 3.04. The number of hydrogen-bond acceptors (Lipinski definition) is 6. The van der Waals surface area contributed by atoms with Gasteiger partial charge >= 0.3 is 0 Å². The smallest absolute Gasteiger partial charge is 0.270 e. The molecule has 1 aromatic carbocycles. The zero-order chi connectivity index (χ0) is 20.8. The molecule has 3 heterocycles. The number of halogens is 2. The van der Waals surface area contributed by atoms with E-state index in [1.54, 1.807) is 7.05 Å². The highest BCUT2D eigenvalue weighted by molar-refractivity contribution is 7.99. The number of ether oxygens (including phenoxy) is 1. The van der Waals surface area contributed by atoms with Crippen molar-refractivity contribution in [1.29, 1.82) is 0 Å². The fraction of sp³-hybridized carbons (Fsp3) is 0.500. The third-order valence-electron chi connectivity index (χ3n) is 5.86. The predicted octanol–water partition coefficient (Wildman–Crippen LogP) is 3.70. The summed E-state index contributed by atoms with van der Waals surface area (Å²) in [5.74, 6) is 0.300. The molecule has 0 bridgehead atoms. The molecule has 6 nitrogen and oxygen atoms in total. The van der Waals surface area contributed by atoms with Gasteiger partial charge < -0.3 is 15.4 Å². The topological polar surface area (TPSA) is 73.4 Å². The van der Waals surface area contributed by atoms with E-state index in [0.29, 0.717) is 16.9 Å². The number of anilines is 2. The summed E-state index contributed by atoms with van der Waals surface area (Å²) in [5, 5.41) is 0.231. The summed E-state index contributed by atoms with van der Waals surface area (Å²) < 4.78 is 20.6. The lowest BCUT2D eigenvalue weighted by molar-refractivity contribution is 0.0974. The van der Waals surface area contributed by atoms with E-state index in [-0.39, 0.29) is 26.7 Å². The molecule has 156 valence electrons. The van der Waals surface area contributed by atoms with Gasteiger partial charge in [-0.05, 0) is 49.8 Å². The molecule has 2 aliphatic rings. The summed E-state index contributed by atoms with van der Waals surface area (Å²) in [6.45, 7) is 4.56. The van der Waals surface area contributed by atoms with Crippen LogP contribution in [0.5, 0.6) is 0 Å². The first-order valence-corrected chi connectivity index (χ1v) is 10.8. The summed E-state index contributed by atoms with van der Waals surface area (Å²) in [6.07, 6.45) is 3.42. The van der Waals surface area contributed by atoms with Crippen LogP contribution in [0.3, 0.4) is 0 Å². The SMILES string of the molecule is C[C@H]1CC2(CCN(c3nc(N)c(Sc4ccc(F)cc4Cl)c(=O)n3C)CC2)CO1. The molecule has 1 spiro atoms. The van der Waals surface area contributed by atoms with Gasteiger partial charge in [0.2, 0.25) is 5.95 Å². The average molecular weight is 439 g/mol. The van der Waals surface area contributed by atoms with Crippen molar-refractivity contribution >= 4 is 35.1 Å². The van der Waals surface area contributed by atoms with Crippen LogP contribution >= 0.6 is 23.4 Å². The molecule has 0 aliphatic carbocycles. The van der Waals surface area contributed by atoms with Gasteiger partial charge in [-0.15, -0.1) is 0 Å². The first-order chi connectivity index (χ1) is 13.8. The van der Waals surface area contributed by atoms with Crippen molar-refractivity contribution in [2.45, 2.75) is 42.1 Å². The Labute approximate surface area is 178 Å². The van der Waals surface area contributed by atoms with Gasteiger partial charge in [0.25, 0.3) is 5.56 Å². The molecule has 2 saturated heterocycles. The van der Waals surface area contributed by atoms with Crippen molar-refractivity contribution in [3.05, 3.63) is 39.4 Å². The molecule has 1 aromatic heterocycles. The van der Waals surface area contributed by atoms with Crippen LogP contribution in [0.15, 0.2) is 32.8 Å². The predicted molar refractivity (Wildman–Crippen MR) is 113 cm³/mol. The van der Waals surface area contributed by atoms with Gasteiger partial charge in [0.1, 0.15) is 16.5 Å². The Balaban J connectivity index is 1.57. The zero-order valence-corrected chi connectivity index (χ0v) is 18.0. The number of benzene rings is 1. The van der Waals surface area contributed by atoms with Crippen LogP contribution in [0.25, 0.3) is 0 Å². The Morgan fingerprint density at radius 2 is 2.10 bits per heavy atom. The van der Waals surface area contributed by atoms with Crippen molar-refractivity contribution in [1.82, 2.24) is 9.55 Å². The largest absolute Gasteiger partial charge is 0.382 e. The van der Waals surface area contributed by atoms with Crippen molar-refractivity contribution in [3.63, 3.8) is 0 Å². The highest BCUT2D eigenvalue weighted by Crippen LogP contribution is 2.42. The maximum atomic E-state index is 13.3. The maximum Gasteiger partial charge on any atom is 0.270 e. The molecule has 2 aromatic rings. The van der Waals surface area contributed by atoms with Crippen LogP contribution < -0.4 is 16.2 Å². The number of hydrogen-bond donors (Lipinski definition) is 1. The molecule has 0 radical (unpaired) electrons. The van der Waals surface area contributed by atoms with Crippen LogP contribution in [0, 0.1) is 11.2 Å². The summed E-state index contributed by atoms with van der Waals surface area (Å²) in [5.41, 5.74) is 6.16. The lowest BCUT2D eigenvalue weighted by Gasteiger charge is -2.39. The molecule has 2 fully saturated rings. The Morgan fingerprint density at radius 3 is 2.72 bits per heavy atom. The van der Waals surface area contributed by atoms with E-state index in [1.165, 1.54) is 22.8 Å². The van der Waals surface area contributed by atoms with E-state index in [1.807, 2.05) is 0 Å². The molecular weight excluding hydrogens is 415 g/mol. The van der Waals surface area contributed by atoms with Gasteiger partial charge in [-0.1, -0.05) is 23.4 Å². The number of nitrogen functional groups attached to an aromatic ring is 1. The molecule has 9 heteroatoms. The third kappa shape index (κ3) is 3.98.